The Bertz CT molecular complexity index is 499. The van der Waals surface area contributed by atoms with Gasteiger partial charge in [-0.3, -0.25) is 0 Å². The first kappa shape index (κ1) is 17.5. The Morgan fingerprint density at radius 3 is 2.10 bits per heavy atom. The van der Waals surface area contributed by atoms with Crippen LogP contribution in [-0.2, 0) is 14.2 Å². The summed E-state index contributed by atoms with van der Waals surface area (Å²) in [6, 6.07) is 9.18. The number of benzene rings is 1. The van der Waals surface area contributed by atoms with Crippen LogP contribution in [0, 0.1) is 11.3 Å². The molecule has 0 N–H and O–H groups in total. The molecule has 5 heteroatoms. The zero-order valence-electron chi connectivity index (χ0n) is 12.6. The van der Waals surface area contributed by atoms with Crippen molar-refractivity contribution in [1.29, 1.82) is 5.26 Å². The molecule has 1 aromatic carbocycles. The summed E-state index contributed by atoms with van der Waals surface area (Å²) < 4.78 is 16.7. The molecule has 0 fully saturated rings. The molecule has 1 rings (SSSR count). The highest BCUT2D eigenvalue weighted by Crippen LogP contribution is 2.25. The number of allylic oxidation sites excluding steroid dienone is 1. The molecule has 0 aliphatic carbocycles. The fourth-order valence-electron chi connectivity index (χ4n) is 1.79. The molecular formula is C16H20ClNO3. The molecule has 0 aliphatic heterocycles. The molecule has 0 unspecified atom stereocenters. The zero-order chi connectivity index (χ0) is 15.7. The maximum Gasteiger partial charge on any atom is 0.218 e. The third-order valence-electron chi connectivity index (χ3n) is 2.64. The van der Waals surface area contributed by atoms with E-state index in [1.807, 2.05) is 20.8 Å². The molecule has 21 heavy (non-hydrogen) atoms. The largest absolute Gasteiger partial charge is 0.491 e. The number of nitriles is 1. The summed E-state index contributed by atoms with van der Waals surface area (Å²) in [4.78, 5) is 0. The van der Waals surface area contributed by atoms with Gasteiger partial charge in [-0.1, -0.05) is 23.7 Å². The molecule has 0 aliphatic rings. The van der Waals surface area contributed by atoms with Crippen LogP contribution in [0.4, 0.5) is 0 Å². The Hall–Kier alpha value is -1.54. The average molecular weight is 310 g/mol. The van der Waals surface area contributed by atoms with Gasteiger partial charge in [0.2, 0.25) is 6.29 Å². The molecule has 0 heterocycles. The molecule has 114 valence electrons. The van der Waals surface area contributed by atoms with Crippen molar-refractivity contribution in [2.45, 2.75) is 27.1 Å². The second-order valence-corrected chi connectivity index (χ2v) is 4.47. The maximum atomic E-state index is 9.50. The van der Waals surface area contributed by atoms with E-state index >= 15 is 0 Å². The second kappa shape index (κ2) is 9.41. The normalized spacial score (nSPS) is 12.0. The van der Waals surface area contributed by atoms with Gasteiger partial charge in [0.1, 0.15) is 11.6 Å². The van der Waals surface area contributed by atoms with Crippen molar-refractivity contribution < 1.29 is 14.2 Å². The SMILES string of the molecule is CCO/C(=C(\C#N)c1ccc(Cl)cc1)C(OCC)OCC. The lowest BCUT2D eigenvalue weighted by Crippen LogP contribution is -2.23. The summed E-state index contributed by atoms with van der Waals surface area (Å²) in [6.45, 7) is 6.92. The van der Waals surface area contributed by atoms with Crippen LogP contribution in [0.5, 0.6) is 0 Å². The van der Waals surface area contributed by atoms with Crippen LogP contribution >= 0.6 is 11.6 Å². The van der Waals surface area contributed by atoms with Gasteiger partial charge in [0.05, 0.1) is 6.61 Å². The first-order chi connectivity index (χ1) is 10.2. The summed E-state index contributed by atoms with van der Waals surface area (Å²) >= 11 is 5.88. The Balaban J connectivity index is 3.28. The number of halogens is 1. The number of rotatable bonds is 8. The maximum absolute atomic E-state index is 9.50. The Kier molecular flexibility index (Phi) is 7.84. The van der Waals surface area contributed by atoms with E-state index < -0.39 is 6.29 Å². The molecule has 1 aromatic rings. The van der Waals surface area contributed by atoms with Gasteiger partial charge in [0.15, 0.2) is 5.76 Å². The van der Waals surface area contributed by atoms with Gasteiger partial charge in [-0.2, -0.15) is 5.26 Å². The van der Waals surface area contributed by atoms with Crippen LogP contribution in [0.2, 0.25) is 5.02 Å². The fourth-order valence-corrected chi connectivity index (χ4v) is 1.92. The van der Waals surface area contributed by atoms with Crippen molar-refractivity contribution >= 4 is 17.2 Å². The summed E-state index contributed by atoms with van der Waals surface area (Å²) in [7, 11) is 0. The third-order valence-corrected chi connectivity index (χ3v) is 2.89. The highest BCUT2D eigenvalue weighted by Gasteiger charge is 2.22. The lowest BCUT2D eigenvalue weighted by molar-refractivity contribution is -0.135. The van der Waals surface area contributed by atoms with E-state index in [0.29, 0.717) is 36.2 Å². The number of hydrogen-bond donors (Lipinski definition) is 0. The quantitative estimate of drug-likeness (QED) is 0.413. The van der Waals surface area contributed by atoms with Crippen molar-refractivity contribution in [1.82, 2.24) is 0 Å². The van der Waals surface area contributed by atoms with E-state index in [2.05, 4.69) is 6.07 Å². The monoisotopic (exact) mass is 309 g/mol. The van der Waals surface area contributed by atoms with Gasteiger partial charge in [-0.25, -0.2) is 0 Å². The third kappa shape index (κ3) is 5.05. The Labute approximate surface area is 130 Å². The first-order valence-corrected chi connectivity index (χ1v) is 7.31. The molecule has 0 aromatic heterocycles. The van der Waals surface area contributed by atoms with Gasteiger partial charge >= 0.3 is 0 Å². The van der Waals surface area contributed by atoms with E-state index in [9.17, 15) is 5.26 Å². The van der Waals surface area contributed by atoms with E-state index in [0.717, 1.165) is 5.56 Å². The first-order valence-electron chi connectivity index (χ1n) is 6.94. The molecule has 0 atom stereocenters. The molecule has 0 saturated heterocycles. The summed E-state index contributed by atoms with van der Waals surface area (Å²) in [5, 5.41) is 10.1. The standard InChI is InChI=1S/C16H20ClNO3/c1-4-19-15(16(20-5-2)21-6-3)14(11-18)12-7-9-13(17)10-8-12/h7-10,16H,4-6H2,1-3H3/b15-14+. The van der Waals surface area contributed by atoms with Crippen molar-refractivity contribution in [2.75, 3.05) is 19.8 Å². The minimum atomic E-state index is -0.690. The smallest absolute Gasteiger partial charge is 0.218 e. The molecule has 0 bridgehead atoms. The van der Waals surface area contributed by atoms with Crippen molar-refractivity contribution in [2.24, 2.45) is 0 Å². The molecule has 4 nitrogen and oxygen atoms in total. The van der Waals surface area contributed by atoms with Gasteiger partial charge in [-0.15, -0.1) is 0 Å². The van der Waals surface area contributed by atoms with E-state index in [1.54, 1.807) is 24.3 Å². The van der Waals surface area contributed by atoms with Gasteiger partial charge in [0.25, 0.3) is 0 Å². The molecule has 0 saturated carbocycles. The lowest BCUT2D eigenvalue weighted by atomic mass is 10.1. The van der Waals surface area contributed by atoms with Crippen LogP contribution in [0.15, 0.2) is 30.0 Å². The lowest BCUT2D eigenvalue weighted by Gasteiger charge is -2.21. The highest BCUT2D eigenvalue weighted by atomic mass is 35.5. The fraction of sp³-hybridized carbons (Fsp3) is 0.438. The molecular weight excluding hydrogens is 290 g/mol. The van der Waals surface area contributed by atoms with Gasteiger partial charge < -0.3 is 14.2 Å². The number of nitrogens with zero attached hydrogens (tertiary/aromatic N) is 1. The minimum absolute atomic E-state index is 0.389. The second-order valence-electron chi connectivity index (χ2n) is 4.03. The number of ether oxygens (including phenoxy) is 3. The predicted octanol–water partition coefficient (Wildman–Crippen LogP) is 4.01. The summed E-state index contributed by atoms with van der Waals surface area (Å²) in [6.07, 6.45) is -0.690. The topological polar surface area (TPSA) is 51.5 Å². The average Bonchev–Trinajstić information content (AvgIpc) is 2.49. The van der Waals surface area contributed by atoms with Gasteiger partial charge in [0, 0.05) is 18.2 Å². The van der Waals surface area contributed by atoms with Crippen LogP contribution in [0.3, 0.4) is 0 Å². The van der Waals surface area contributed by atoms with Crippen LogP contribution in [0.25, 0.3) is 5.57 Å². The van der Waals surface area contributed by atoms with E-state index in [1.165, 1.54) is 0 Å². The summed E-state index contributed by atoms with van der Waals surface area (Å²) in [5.74, 6) is 0.394. The molecule has 0 radical (unpaired) electrons. The molecule has 0 amide bonds. The number of hydrogen-bond acceptors (Lipinski definition) is 4. The van der Waals surface area contributed by atoms with Crippen molar-refractivity contribution in [3.63, 3.8) is 0 Å². The summed E-state index contributed by atoms with van der Waals surface area (Å²) in [5.41, 5.74) is 1.11. The van der Waals surface area contributed by atoms with Crippen LogP contribution in [0.1, 0.15) is 26.3 Å². The van der Waals surface area contributed by atoms with Gasteiger partial charge in [-0.05, 0) is 38.5 Å². The highest BCUT2D eigenvalue weighted by molar-refractivity contribution is 6.30. The Morgan fingerprint density at radius 1 is 1.10 bits per heavy atom. The van der Waals surface area contributed by atoms with Crippen molar-refractivity contribution in [3.05, 3.63) is 40.6 Å². The predicted molar refractivity (Wildman–Crippen MR) is 82.7 cm³/mol. The van der Waals surface area contributed by atoms with E-state index in [4.69, 9.17) is 25.8 Å². The molecule has 0 spiro atoms. The van der Waals surface area contributed by atoms with Crippen LogP contribution in [-0.4, -0.2) is 26.1 Å². The Morgan fingerprint density at radius 2 is 1.67 bits per heavy atom. The minimum Gasteiger partial charge on any atom is -0.491 e. The van der Waals surface area contributed by atoms with Crippen molar-refractivity contribution in [3.8, 4) is 6.07 Å². The van der Waals surface area contributed by atoms with Crippen LogP contribution < -0.4 is 0 Å². The zero-order valence-corrected chi connectivity index (χ0v) is 13.3. The van der Waals surface area contributed by atoms with E-state index in [-0.39, 0.29) is 0 Å².